The van der Waals surface area contributed by atoms with Crippen molar-refractivity contribution in [2.24, 2.45) is 0 Å². The van der Waals surface area contributed by atoms with Gasteiger partial charge in [0, 0.05) is 11.9 Å². The van der Waals surface area contributed by atoms with E-state index in [0.717, 1.165) is 0 Å². The first kappa shape index (κ1) is 12.9. The number of nitrogens with one attached hydrogen (secondary N) is 1. The number of nitrogens with two attached hydrogens (primary N) is 1. The van der Waals surface area contributed by atoms with Crippen LogP contribution in [0.2, 0.25) is 0 Å². The summed E-state index contributed by atoms with van der Waals surface area (Å²) in [6, 6.07) is 12.5. The number of oxazole rings is 1. The van der Waals surface area contributed by atoms with E-state index < -0.39 is 0 Å². The molecule has 0 spiro atoms. The quantitative estimate of drug-likeness (QED) is 0.769. The number of hydrogen-bond donors (Lipinski definition) is 2. The fourth-order valence-corrected chi connectivity index (χ4v) is 1.76. The number of aromatic nitrogens is 2. The number of amides is 1. The van der Waals surface area contributed by atoms with Crippen molar-refractivity contribution in [2.45, 2.75) is 0 Å². The predicted molar refractivity (Wildman–Crippen MR) is 78.5 cm³/mol. The molecule has 0 unspecified atom stereocenters. The topological polar surface area (TPSA) is 94.0 Å². The van der Waals surface area contributed by atoms with Gasteiger partial charge in [0.05, 0.1) is 5.56 Å². The van der Waals surface area contributed by atoms with Crippen LogP contribution in [-0.2, 0) is 0 Å². The average Bonchev–Trinajstić information content (AvgIpc) is 2.99. The lowest BCUT2D eigenvalue weighted by molar-refractivity contribution is 0.102. The Morgan fingerprint density at radius 3 is 2.67 bits per heavy atom. The monoisotopic (exact) mass is 280 g/mol. The number of para-hydroxylation sites is 1. The molecule has 2 heterocycles. The van der Waals surface area contributed by atoms with Crippen LogP contribution in [0.25, 0.3) is 11.5 Å². The van der Waals surface area contributed by atoms with Gasteiger partial charge in [0.15, 0.2) is 5.69 Å². The summed E-state index contributed by atoms with van der Waals surface area (Å²) in [6.45, 7) is 0. The third kappa shape index (κ3) is 2.89. The minimum Gasteiger partial charge on any atom is -0.444 e. The third-order valence-electron chi connectivity index (χ3n) is 2.80. The molecule has 0 atom stereocenters. The Kier molecular flexibility index (Phi) is 3.34. The van der Waals surface area contributed by atoms with Crippen LogP contribution in [-0.4, -0.2) is 15.9 Å². The van der Waals surface area contributed by atoms with Crippen LogP contribution < -0.4 is 11.1 Å². The van der Waals surface area contributed by atoms with Gasteiger partial charge in [0.1, 0.15) is 12.1 Å². The Morgan fingerprint density at radius 1 is 1.14 bits per heavy atom. The summed E-state index contributed by atoms with van der Waals surface area (Å²) in [7, 11) is 0. The molecule has 0 aliphatic heterocycles. The number of nitrogens with zero attached hydrogens (tertiary/aromatic N) is 2. The van der Waals surface area contributed by atoms with E-state index in [1.165, 1.54) is 6.26 Å². The number of nitrogen functional groups attached to an aromatic ring is 1. The molecule has 3 N–H and O–H groups in total. The zero-order valence-corrected chi connectivity index (χ0v) is 11.0. The fraction of sp³-hybridized carbons (Fsp3) is 0. The Labute approximate surface area is 120 Å². The highest BCUT2D eigenvalue weighted by molar-refractivity contribution is 6.02. The molecule has 2 aromatic heterocycles. The Hall–Kier alpha value is -3.15. The zero-order chi connectivity index (χ0) is 14.7. The lowest BCUT2D eigenvalue weighted by Crippen LogP contribution is -2.12. The first-order chi connectivity index (χ1) is 10.2. The summed E-state index contributed by atoms with van der Waals surface area (Å²) < 4.78 is 5.30. The highest BCUT2D eigenvalue weighted by Crippen LogP contribution is 2.19. The van der Waals surface area contributed by atoms with Gasteiger partial charge in [-0.15, -0.1) is 0 Å². The molecule has 0 radical (unpaired) electrons. The van der Waals surface area contributed by atoms with Crippen LogP contribution in [0.15, 0.2) is 59.3 Å². The van der Waals surface area contributed by atoms with Gasteiger partial charge in [-0.3, -0.25) is 4.79 Å². The largest absolute Gasteiger partial charge is 0.444 e. The molecule has 0 aliphatic carbocycles. The Morgan fingerprint density at radius 2 is 1.95 bits per heavy atom. The molecular weight excluding hydrogens is 268 g/mol. The van der Waals surface area contributed by atoms with Crippen LogP contribution in [0.5, 0.6) is 0 Å². The van der Waals surface area contributed by atoms with Crippen molar-refractivity contribution in [3.8, 4) is 11.5 Å². The standard InChI is InChI=1S/C15H12N4O2/c16-13-7-6-10(8-17-13)15-19-12(9-21-15)14(20)18-11-4-2-1-3-5-11/h1-9H,(H2,16,17)(H,18,20). The van der Waals surface area contributed by atoms with E-state index >= 15 is 0 Å². The van der Waals surface area contributed by atoms with Crippen molar-refractivity contribution in [1.82, 2.24) is 9.97 Å². The van der Waals surface area contributed by atoms with Crippen LogP contribution in [0, 0.1) is 0 Å². The van der Waals surface area contributed by atoms with Gasteiger partial charge in [-0.1, -0.05) is 18.2 Å². The summed E-state index contributed by atoms with van der Waals surface area (Å²) in [5.41, 5.74) is 7.07. The molecule has 21 heavy (non-hydrogen) atoms. The van der Waals surface area contributed by atoms with Gasteiger partial charge >= 0.3 is 0 Å². The maximum absolute atomic E-state index is 12.0. The molecule has 0 saturated carbocycles. The fourth-order valence-electron chi connectivity index (χ4n) is 1.76. The summed E-state index contributed by atoms with van der Waals surface area (Å²) >= 11 is 0. The van der Waals surface area contributed by atoms with Crippen LogP contribution in [0.3, 0.4) is 0 Å². The predicted octanol–water partition coefficient (Wildman–Crippen LogP) is 2.57. The summed E-state index contributed by atoms with van der Waals surface area (Å²) in [5, 5.41) is 2.74. The van der Waals surface area contributed by atoms with Crippen molar-refractivity contribution in [1.29, 1.82) is 0 Å². The second-order valence-corrected chi connectivity index (χ2v) is 4.33. The van der Waals surface area contributed by atoms with Crippen molar-refractivity contribution in [2.75, 3.05) is 11.1 Å². The third-order valence-corrected chi connectivity index (χ3v) is 2.80. The number of rotatable bonds is 3. The average molecular weight is 280 g/mol. The number of pyridine rings is 1. The number of anilines is 2. The molecule has 6 nitrogen and oxygen atoms in total. The molecule has 0 fully saturated rings. The number of carbonyl (C=O) groups is 1. The van der Waals surface area contributed by atoms with E-state index in [1.54, 1.807) is 30.5 Å². The van der Waals surface area contributed by atoms with Crippen molar-refractivity contribution in [3.05, 3.63) is 60.6 Å². The van der Waals surface area contributed by atoms with Gasteiger partial charge in [-0.05, 0) is 24.3 Å². The van der Waals surface area contributed by atoms with Gasteiger partial charge in [-0.2, -0.15) is 0 Å². The normalized spacial score (nSPS) is 10.3. The van der Waals surface area contributed by atoms with Crippen molar-refractivity contribution >= 4 is 17.4 Å². The van der Waals surface area contributed by atoms with Crippen LogP contribution in [0.4, 0.5) is 11.5 Å². The molecule has 0 saturated heterocycles. The first-order valence-corrected chi connectivity index (χ1v) is 6.26. The molecule has 0 bridgehead atoms. The van der Waals surface area contributed by atoms with Crippen molar-refractivity contribution in [3.63, 3.8) is 0 Å². The number of carbonyl (C=O) groups excluding carboxylic acids is 1. The zero-order valence-electron chi connectivity index (χ0n) is 11.0. The minimum absolute atomic E-state index is 0.200. The van der Waals surface area contributed by atoms with Gasteiger partial charge < -0.3 is 15.5 Å². The van der Waals surface area contributed by atoms with Gasteiger partial charge in [-0.25, -0.2) is 9.97 Å². The highest BCUT2D eigenvalue weighted by Gasteiger charge is 2.13. The van der Waals surface area contributed by atoms with E-state index in [-0.39, 0.29) is 11.6 Å². The van der Waals surface area contributed by atoms with Crippen LogP contribution in [0.1, 0.15) is 10.5 Å². The minimum atomic E-state index is -0.334. The summed E-state index contributed by atoms with van der Waals surface area (Å²) in [4.78, 5) is 20.1. The van der Waals surface area contributed by atoms with E-state index in [1.807, 2.05) is 18.2 Å². The lowest BCUT2D eigenvalue weighted by Gasteiger charge is -2.01. The van der Waals surface area contributed by atoms with E-state index in [4.69, 9.17) is 10.2 Å². The van der Waals surface area contributed by atoms with Crippen LogP contribution >= 0.6 is 0 Å². The second kappa shape index (κ2) is 5.46. The Bertz CT molecular complexity index is 751. The van der Waals surface area contributed by atoms with E-state index in [9.17, 15) is 4.79 Å². The Balaban J connectivity index is 1.78. The number of hydrogen-bond acceptors (Lipinski definition) is 5. The maximum Gasteiger partial charge on any atom is 0.277 e. The molecule has 3 aromatic rings. The molecule has 1 amide bonds. The second-order valence-electron chi connectivity index (χ2n) is 4.33. The maximum atomic E-state index is 12.0. The van der Waals surface area contributed by atoms with Gasteiger partial charge in [0.2, 0.25) is 5.89 Å². The first-order valence-electron chi connectivity index (χ1n) is 6.26. The lowest BCUT2D eigenvalue weighted by atomic mass is 10.3. The molecule has 6 heteroatoms. The summed E-state index contributed by atoms with van der Waals surface area (Å²) in [5.74, 6) is 0.396. The van der Waals surface area contributed by atoms with E-state index in [0.29, 0.717) is 23.0 Å². The molecular formula is C15H12N4O2. The van der Waals surface area contributed by atoms with Gasteiger partial charge in [0.25, 0.3) is 5.91 Å². The molecule has 0 aliphatic rings. The SMILES string of the molecule is Nc1ccc(-c2nc(C(=O)Nc3ccccc3)co2)cn1. The molecule has 3 rings (SSSR count). The van der Waals surface area contributed by atoms with Crippen molar-refractivity contribution < 1.29 is 9.21 Å². The summed E-state index contributed by atoms with van der Waals surface area (Å²) in [6.07, 6.45) is 2.85. The smallest absolute Gasteiger partial charge is 0.277 e. The molecule has 104 valence electrons. The van der Waals surface area contributed by atoms with E-state index in [2.05, 4.69) is 15.3 Å². The highest BCUT2D eigenvalue weighted by atomic mass is 16.3. The number of benzene rings is 1. The molecule has 1 aromatic carbocycles.